The number of nitrogens with zero attached hydrogens (tertiary/aromatic N) is 4. The third kappa shape index (κ3) is 0.939. The molecule has 2 aliphatic rings. The summed E-state index contributed by atoms with van der Waals surface area (Å²) >= 11 is 0. The predicted octanol–water partition coefficient (Wildman–Crippen LogP) is 1.52. The lowest BCUT2D eigenvalue weighted by Crippen LogP contribution is -1.79. The zero-order chi connectivity index (χ0) is 9.38. The SMILES string of the molecule is c1ccc2c3nnnccc-3nc2c1. The van der Waals surface area contributed by atoms with Crippen LogP contribution < -0.4 is 0 Å². The van der Waals surface area contributed by atoms with Crippen molar-refractivity contribution in [3.05, 3.63) is 36.5 Å². The summed E-state index contributed by atoms with van der Waals surface area (Å²) in [6.07, 6.45) is 1.60. The van der Waals surface area contributed by atoms with E-state index in [1.807, 2.05) is 30.3 Å². The molecule has 3 rings (SSSR count). The van der Waals surface area contributed by atoms with Crippen LogP contribution in [0.5, 0.6) is 0 Å². The van der Waals surface area contributed by atoms with Gasteiger partial charge < -0.3 is 0 Å². The molecule has 0 atom stereocenters. The summed E-state index contributed by atoms with van der Waals surface area (Å²) in [7, 11) is 0. The lowest BCUT2D eigenvalue weighted by Gasteiger charge is -1.86. The van der Waals surface area contributed by atoms with E-state index in [0.717, 1.165) is 22.3 Å². The van der Waals surface area contributed by atoms with Crippen molar-refractivity contribution in [2.75, 3.05) is 0 Å². The van der Waals surface area contributed by atoms with E-state index >= 15 is 0 Å². The monoisotopic (exact) mass is 182 g/mol. The molecule has 0 fully saturated rings. The maximum atomic E-state index is 4.41. The van der Waals surface area contributed by atoms with Gasteiger partial charge in [-0.25, -0.2) is 4.98 Å². The van der Waals surface area contributed by atoms with E-state index in [2.05, 4.69) is 20.4 Å². The van der Waals surface area contributed by atoms with Crippen molar-refractivity contribution in [2.45, 2.75) is 0 Å². The minimum absolute atomic E-state index is 0.804. The van der Waals surface area contributed by atoms with Crippen molar-refractivity contribution >= 4 is 10.9 Å². The van der Waals surface area contributed by atoms with Gasteiger partial charge in [0.15, 0.2) is 0 Å². The fourth-order valence-corrected chi connectivity index (χ4v) is 1.52. The predicted molar refractivity (Wildman–Crippen MR) is 51.8 cm³/mol. The van der Waals surface area contributed by atoms with E-state index in [4.69, 9.17) is 0 Å². The Morgan fingerprint density at radius 2 is 1.93 bits per heavy atom. The van der Waals surface area contributed by atoms with Gasteiger partial charge in [0.25, 0.3) is 0 Å². The van der Waals surface area contributed by atoms with Gasteiger partial charge in [0, 0.05) is 5.39 Å². The number of hydrogen-bond donors (Lipinski definition) is 0. The molecule has 0 saturated heterocycles. The first-order valence-corrected chi connectivity index (χ1v) is 4.28. The molecule has 0 aromatic heterocycles. The molecule has 0 radical (unpaired) electrons. The van der Waals surface area contributed by atoms with E-state index < -0.39 is 0 Å². The third-order valence-corrected chi connectivity index (χ3v) is 2.14. The first-order chi connectivity index (χ1) is 6.95. The van der Waals surface area contributed by atoms with E-state index in [0.29, 0.717) is 0 Å². The summed E-state index contributed by atoms with van der Waals surface area (Å²) in [6, 6.07) is 9.69. The maximum absolute atomic E-state index is 4.41. The zero-order valence-corrected chi connectivity index (χ0v) is 7.25. The molecule has 2 aliphatic heterocycles. The smallest absolute Gasteiger partial charge is 0.123 e. The number of aromatic nitrogens is 4. The van der Waals surface area contributed by atoms with Crippen molar-refractivity contribution in [3.8, 4) is 11.4 Å². The highest BCUT2D eigenvalue weighted by atomic mass is 15.3. The highest BCUT2D eigenvalue weighted by molar-refractivity contribution is 5.94. The van der Waals surface area contributed by atoms with Crippen molar-refractivity contribution in [2.24, 2.45) is 0 Å². The van der Waals surface area contributed by atoms with Crippen LogP contribution in [0.3, 0.4) is 0 Å². The van der Waals surface area contributed by atoms with Crippen LogP contribution in [0.4, 0.5) is 0 Å². The van der Waals surface area contributed by atoms with Gasteiger partial charge in [0.1, 0.15) is 5.69 Å². The van der Waals surface area contributed by atoms with Crippen molar-refractivity contribution in [3.63, 3.8) is 0 Å². The number of benzene rings is 1. The fourth-order valence-electron chi connectivity index (χ4n) is 1.52. The fraction of sp³-hybridized carbons (Fsp3) is 0. The zero-order valence-electron chi connectivity index (χ0n) is 7.25. The summed E-state index contributed by atoms with van der Waals surface area (Å²) in [5.41, 5.74) is 2.58. The van der Waals surface area contributed by atoms with Gasteiger partial charge in [-0.05, 0) is 17.3 Å². The molecule has 4 heteroatoms. The normalized spacial score (nSPS) is 10.9. The number of fused-ring (bicyclic) bond motifs is 3. The number of para-hydroxylation sites is 1. The summed E-state index contributed by atoms with van der Waals surface area (Å²) in [5, 5.41) is 12.4. The second-order valence-corrected chi connectivity index (χ2v) is 2.98. The van der Waals surface area contributed by atoms with Gasteiger partial charge in [-0.1, -0.05) is 18.2 Å². The largest absolute Gasteiger partial charge is 0.246 e. The van der Waals surface area contributed by atoms with Crippen LogP contribution in [-0.2, 0) is 0 Å². The van der Waals surface area contributed by atoms with Crippen LogP contribution in [0.25, 0.3) is 22.3 Å². The van der Waals surface area contributed by atoms with Crippen LogP contribution in [0.15, 0.2) is 36.5 Å². The van der Waals surface area contributed by atoms with Crippen LogP contribution in [0, 0.1) is 0 Å². The molecule has 0 N–H and O–H groups in total. The second-order valence-electron chi connectivity index (χ2n) is 2.98. The van der Waals surface area contributed by atoms with Crippen molar-refractivity contribution < 1.29 is 0 Å². The molecule has 2 heterocycles. The summed E-state index contributed by atoms with van der Waals surface area (Å²) in [5.74, 6) is 0. The molecule has 1 aromatic carbocycles. The molecule has 14 heavy (non-hydrogen) atoms. The summed E-state index contributed by atoms with van der Waals surface area (Å²) in [6.45, 7) is 0. The second kappa shape index (κ2) is 2.70. The van der Waals surface area contributed by atoms with Crippen molar-refractivity contribution in [1.82, 2.24) is 20.4 Å². The summed E-state index contributed by atoms with van der Waals surface area (Å²) in [4.78, 5) is 4.41. The molecule has 1 aromatic rings. The molecule has 66 valence electrons. The summed E-state index contributed by atoms with van der Waals surface area (Å²) < 4.78 is 0. The van der Waals surface area contributed by atoms with Gasteiger partial charge in [-0.3, -0.25) is 0 Å². The Morgan fingerprint density at radius 3 is 2.93 bits per heavy atom. The third-order valence-electron chi connectivity index (χ3n) is 2.14. The Bertz CT molecular complexity index is 564. The lowest BCUT2D eigenvalue weighted by molar-refractivity contribution is 0.898. The lowest BCUT2D eigenvalue weighted by atomic mass is 10.2. The Balaban J connectivity index is 2.52. The van der Waals surface area contributed by atoms with Gasteiger partial charge in [-0.15, -0.1) is 10.2 Å². The molecular formula is C10H6N4. The van der Waals surface area contributed by atoms with E-state index in [1.165, 1.54) is 0 Å². The van der Waals surface area contributed by atoms with Gasteiger partial charge in [-0.2, -0.15) is 0 Å². The Morgan fingerprint density at radius 1 is 1.00 bits per heavy atom. The van der Waals surface area contributed by atoms with E-state index in [1.54, 1.807) is 6.20 Å². The number of hydrogen-bond acceptors (Lipinski definition) is 4. The first kappa shape index (κ1) is 7.32. The highest BCUT2D eigenvalue weighted by Gasteiger charge is 2.10. The van der Waals surface area contributed by atoms with E-state index in [9.17, 15) is 0 Å². The van der Waals surface area contributed by atoms with Gasteiger partial charge in [0.2, 0.25) is 0 Å². The highest BCUT2D eigenvalue weighted by Crippen LogP contribution is 2.26. The standard InChI is InChI=1S/C10H6N4/c1-2-4-8-7(3-1)10-9(12-8)5-6-11-14-13-10/h1-6H. The molecule has 0 aliphatic carbocycles. The molecule has 0 unspecified atom stereocenters. The first-order valence-electron chi connectivity index (χ1n) is 4.28. The van der Waals surface area contributed by atoms with E-state index in [-0.39, 0.29) is 0 Å². The average Bonchev–Trinajstić information content (AvgIpc) is 2.42. The Labute approximate surface area is 80.0 Å². The molecule has 0 amide bonds. The number of rotatable bonds is 0. The Kier molecular flexibility index (Phi) is 1.41. The molecule has 4 nitrogen and oxygen atoms in total. The van der Waals surface area contributed by atoms with Crippen LogP contribution in [0.1, 0.15) is 0 Å². The Hall–Kier alpha value is -2.10. The molecule has 0 saturated carbocycles. The van der Waals surface area contributed by atoms with Crippen LogP contribution in [0.2, 0.25) is 0 Å². The van der Waals surface area contributed by atoms with Gasteiger partial charge >= 0.3 is 0 Å². The molecule has 0 spiro atoms. The average molecular weight is 182 g/mol. The maximum Gasteiger partial charge on any atom is 0.123 e. The molecule has 0 bridgehead atoms. The van der Waals surface area contributed by atoms with Gasteiger partial charge in [0.05, 0.1) is 17.4 Å². The minimum atomic E-state index is 0.804. The van der Waals surface area contributed by atoms with Crippen LogP contribution >= 0.6 is 0 Å². The minimum Gasteiger partial charge on any atom is -0.246 e. The quantitative estimate of drug-likeness (QED) is 0.529. The van der Waals surface area contributed by atoms with Crippen LogP contribution in [-0.4, -0.2) is 20.4 Å². The topological polar surface area (TPSA) is 51.6 Å². The molecular weight excluding hydrogens is 176 g/mol. The van der Waals surface area contributed by atoms with Crippen molar-refractivity contribution in [1.29, 1.82) is 0 Å².